The van der Waals surface area contributed by atoms with Crippen LogP contribution in [0.15, 0.2) is 48.8 Å². The fourth-order valence-electron chi connectivity index (χ4n) is 1.52. The molecule has 0 radical (unpaired) electrons. The van der Waals surface area contributed by atoms with Gasteiger partial charge in [-0.2, -0.15) is 0 Å². The maximum atomic E-state index is 11.8. The van der Waals surface area contributed by atoms with Gasteiger partial charge in [0.25, 0.3) is 5.91 Å². The number of carbonyl (C=O) groups excluding carboxylic acids is 1. The van der Waals surface area contributed by atoms with Gasteiger partial charge in [0.05, 0.1) is 0 Å². The topological polar surface area (TPSA) is 34.0 Å². The lowest BCUT2D eigenvalue weighted by Gasteiger charge is -2.06. The van der Waals surface area contributed by atoms with E-state index in [1.165, 1.54) is 0 Å². The lowest BCUT2D eigenvalue weighted by atomic mass is 10.2. The molecule has 0 atom stereocenters. The van der Waals surface area contributed by atoms with Crippen molar-refractivity contribution in [1.82, 2.24) is 9.88 Å². The Morgan fingerprint density at radius 3 is 2.47 bits per heavy atom. The van der Waals surface area contributed by atoms with E-state index < -0.39 is 0 Å². The number of hydrogen-bond acceptors (Lipinski definition) is 1. The van der Waals surface area contributed by atoms with Crippen LogP contribution in [0.2, 0.25) is 0 Å². The molecule has 0 fully saturated rings. The summed E-state index contributed by atoms with van der Waals surface area (Å²) < 4.78 is 3.17. The highest BCUT2D eigenvalue weighted by atomic mass is 127. The Hall–Kier alpha value is -1.30. The second-order valence-corrected chi connectivity index (χ2v) is 4.93. The summed E-state index contributed by atoms with van der Waals surface area (Å²) in [5.41, 5.74) is 0.706. The van der Waals surface area contributed by atoms with Crippen molar-refractivity contribution in [3.8, 4) is 0 Å². The van der Waals surface area contributed by atoms with Crippen molar-refractivity contribution < 1.29 is 4.79 Å². The number of benzene rings is 1. The van der Waals surface area contributed by atoms with Crippen LogP contribution in [0.3, 0.4) is 0 Å². The van der Waals surface area contributed by atoms with Gasteiger partial charge in [-0.3, -0.25) is 4.79 Å². The zero-order chi connectivity index (χ0) is 12.1. The molecule has 0 unspecified atom stereocenters. The van der Waals surface area contributed by atoms with Crippen molar-refractivity contribution in [3.05, 3.63) is 57.9 Å². The first-order valence-electron chi connectivity index (χ1n) is 5.40. The molecule has 0 saturated carbocycles. The maximum absolute atomic E-state index is 11.8. The predicted octanol–water partition coefficient (Wildman–Crippen LogP) is 2.52. The highest BCUT2D eigenvalue weighted by Gasteiger charge is 2.03. The number of nitrogens with one attached hydrogen (secondary N) is 1. The number of nitrogens with zero attached hydrogens (tertiary/aromatic N) is 1. The van der Waals surface area contributed by atoms with E-state index in [1.54, 1.807) is 0 Å². The Kier molecular flexibility index (Phi) is 4.19. The third-order valence-corrected chi connectivity index (χ3v) is 3.15. The van der Waals surface area contributed by atoms with Crippen LogP contribution in [0, 0.1) is 3.57 Å². The molecule has 0 aliphatic carbocycles. The number of amides is 1. The van der Waals surface area contributed by atoms with Gasteiger partial charge >= 0.3 is 0 Å². The zero-order valence-corrected chi connectivity index (χ0v) is 11.4. The van der Waals surface area contributed by atoms with Crippen LogP contribution < -0.4 is 5.32 Å². The van der Waals surface area contributed by atoms with Gasteiger partial charge in [-0.05, 0) is 59.0 Å². The van der Waals surface area contributed by atoms with Crippen molar-refractivity contribution in [1.29, 1.82) is 0 Å². The first-order valence-corrected chi connectivity index (χ1v) is 6.48. The molecule has 4 heteroatoms. The Morgan fingerprint density at radius 2 is 1.82 bits per heavy atom. The predicted molar refractivity (Wildman–Crippen MR) is 75.9 cm³/mol. The van der Waals surface area contributed by atoms with Crippen LogP contribution in [-0.4, -0.2) is 17.0 Å². The highest BCUT2D eigenvalue weighted by molar-refractivity contribution is 14.1. The van der Waals surface area contributed by atoms with Crippen molar-refractivity contribution in [3.63, 3.8) is 0 Å². The number of halogens is 1. The van der Waals surface area contributed by atoms with Crippen LogP contribution in [0.1, 0.15) is 10.4 Å². The van der Waals surface area contributed by atoms with Gasteiger partial charge in [0.15, 0.2) is 0 Å². The first kappa shape index (κ1) is 12.2. The molecular formula is C13H13IN2O. The normalized spacial score (nSPS) is 10.2. The van der Waals surface area contributed by atoms with E-state index >= 15 is 0 Å². The number of carbonyl (C=O) groups is 1. The molecule has 2 aromatic rings. The number of aromatic nitrogens is 1. The van der Waals surface area contributed by atoms with Crippen molar-refractivity contribution in [2.75, 3.05) is 6.54 Å². The summed E-state index contributed by atoms with van der Waals surface area (Å²) in [5, 5.41) is 2.89. The average Bonchev–Trinajstić information content (AvgIpc) is 2.83. The van der Waals surface area contributed by atoms with E-state index in [1.807, 2.05) is 53.4 Å². The third-order valence-electron chi connectivity index (χ3n) is 2.43. The summed E-state index contributed by atoms with van der Waals surface area (Å²) >= 11 is 2.22. The quantitative estimate of drug-likeness (QED) is 0.853. The zero-order valence-electron chi connectivity index (χ0n) is 9.27. The fourth-order valence-corrected chi connectivity index (χ4v) is 1.88. The highest BCUT2D eigenvalue weighted by Crippen LogP contribution is 2.06. The minimum absolute atomic E-state index is 0.0199. The van der Waals surface area contributed by atoms with E-state index in [2.05, 4.69) is 27.9 Å². The molecule has 1 amide bonds. The average molecular weight is 340 g/mol. The monoisotopic (exact) mass is 340 g/mol. The molecule has 1 N–H and O–H groups in total. The third kappa shape index (κ3) is 3.59. The fraction of sp³-hybridized carbons (Fsp3) is 0.154. The van der Waals surface area contributed by atoms with Gasteiger partial charge in [-0.1, -0.05) is 0 Å². The van der Waals surface area contributed by atoms with Gasteiger partial charge in [0.2, 0.25) is 0 Å². The second kappa shape index (κ2) is 5.86. The molecule has 0 spiro atoms. The molecule has 0 bridgehead atoms. The minimum atomic E-state index is -0.0199. The summed E-state index contributed by atoms with van der Waals surface area (Å²) in [6, 6.07) is 11.5. The summed E-state index contributed by atoms with van der Waals surface area (Å²) in [5.74, 6) is -0.0199. The molecule has 3 nitrogen and oxygen atoms in total. The molecule has 88 valence electrons. The molecular weight excluding hydrogens is 327 g/mol. The van der Waals surface area contributed by atoms with E-state index in [4.69, 9.17) is 0 Å². The lowest BCUT2D eigenvalue weighted by molar-refractivity contribution is 0.0952. The Labute approximate surface area is 114 Å². The van der Waals surface area contributed by atoms with Gasteiger partial charge in [-0.25, -0.2) is 0 Å². The lowest BCUT2D eigenvalue weighted by Crippen LogP contribution is -2.26. The SMILES string of the molecule is O=C(NCCn1cccc1)c1ccc(I)cc1. The van der Waals surface area contributed by atoms with E-state index in [9.17, 15) is 4.79 Å². The number of hydrogen-bond donors (Lipinski definition) is 1. The molecule has 0 saturated heterocycles. The van der Waals surface area contributed by atoms with E-state index in [0.29, 0.717) is 12.1 Å². The second-order valence-electron chi connectivity index (χ2n) is 3.68. The van der Waals surface area contributed by atoms with Crippen molar-refractivity contribution >= 4 is 28.5 Å². The van der Waals surface area contributed by atoms with Gasteiger partial charge < -0.3 is 9.88 Å². The van der Waals surface area contributed by atoms with Crippen LogP contribution in [-0.2, 0) is 6.54 Å². The maximum Gasteiger partial charge on any atom is 0.251 e. The molecule has 0 aliphatic rings. The van der Waals surface area contributed by atoms with Crippen LogP contribution in [0.5, 0.6) is 0 Å². The summed E-state index contributed by atoms with van der Waals surface area (Å²) in [7, 11) is 0. The smallest absolute Gasteiger partial charge is 0.251 e. The molecule has 1 aromatic carbocycles. The Balaban J connectivity index is 1.83. The van der Waals surface area contributed by atoms with Crippen LogP contribution in [0.25, 0.3) is 0 Å². The van der Waals surface area contributed by atoms with Crippen LogP contribution in [0.4, 0.5) is 0 Å². The summed E-state index contributed by atoms with van der Waals surface area (Å²) in [6.45, 7) is 1.43. The molecule has 17 heavy (non-hydrogen) atoms. The van der Waals surface area contributed by atoms with Gasteiger partial charge in [0, 0.05) is 34.6 Å². The summed E-state index contributed by atoms with van der Waals surface area (Å²) in [4.78, 5) is 11.8. The van der Waals surface area contributed by atoms with E-state index in [0.717, 1.165) is 10.1 Å². The summed E-state index contributed by atoms with van der Waals surface area (Å²) in [6.07, 6.45) is 3.97. The first-order chi connectivity index (χ1) is 8.25. The molecule has 0 aliphatic heterocycles. The van der Waals surface area contributed by atoms with Gasteiger partial charge in [0.1, 0.15) is 0 Å². The molecule has 1 aromatic heterocycles. The largest absolute Gasteiger partial charge is 0.353 e. The molecule has 1 heterocycles. The standard InChI is InChI=1S/C13H13IN2O/c14-12-5-3-11(4-6-12)13(17)15-7-10-16-8-1-2-9-16/h1-6,8-9H,7,10H2,(H,15,17). The minimum Gasteiger partial charge on any atom is -0.353 e. The Morgan fingerprint density at radius 1 is 1.18 bits per heavy atom. The van der Waals surface area contributed by atoms with E-state index in [-0.39, 0.29) is 5.91 Å². The molecule has 2 rings (SSSR count). The Bertz CT molecular complexity index is 477. The van der Waals surface area contributed by atoms with Crippen LogP contribution >= 0.6 is 22.6 Å². The number of rotatable bonds is 4. The van der Waals surface area contributed by atoms with Crippen molar-refractivity contribution in [2.24, 2.45) is 0 Å². The van der Waals surface area contributed by atoms with Gasteiger partial charge in [-0.15, -0.1) is 0 Å². The van der Waals surface area contributed by atoms with Crippen molar-refractivity contribution in [2.45, 2.75) is 6.54 Å².